The Labute approximate surface area is 179 Å². The van der Waals surface area contributed by atoms with Crippen LogP contribution in [0, 0.1) is 5.82 Å². The molecule has 0 fully saturated rings. The highest BCUT2D eigenvalue weighted by atomic mass is 35.5. The molecular formula is C16H12ClF7N6O2. The monoisotopic (exact) mass is 488 g/mol. The topological polar surface area (TPSA) is 107 Å². The maximum atomic E-state index is 14.5. The standard InChI is InChI=1S/C16H12ClF7N6O2/c17-6-4-30(13(20)21)29-10(6)12(31)27-9-2-1-7(19)11(26-9)15(5-18)3-8(16(22,23)24)32-14(25)28-15/h1-2,4,8,13H,3,5H2,(H2,25,28)(H,26,27,31). The second-order valence-corrected chi connectivity index (χ2v) is 6.94. The summed E-state index contributed by atoms with van der Waals surface area (Å²) in [5.74, 6) is -2.84. The second-order valence-electron chi connectivity index (χ2n) is 6.53. The van der Waals surface area contributed by atoms with Crippen molar-refractivity contribution in [1.29, 1.82) is 0 Å². The lowest BCUT2D eigenvalue weighted by Crippen LogP contribution is -2.48. The minimum Gasteiger partial charge on any atom is -0.452 e. The van der Waals surface area contributed by atoms with Gasteiger partial charge < -0.3 is 15.8 Å². The van der Waals surface area contributed by atoms with Gasteiger partial charge in [0.25, 0.3) is 11.9 Å². The molecule has 2 aromatic heterocycles. The quantitative estimate of drug-likeness (QED) is 0.626. The Kier molecular flexibility index (Phi) is 6.22. The maximum Gasteiger partial charge on any atom is 0.425 e. The lowest BCUT2D eigenvalue weighted by molar-refractivity contribution is -0.209. The molecule has 2 aromatic rings. The van der Waals surface area contributed by atoms with Gasteiger partial charge in [0, 0.05) is 6.42 Å². The number of anilines is 1. The van der Waals surface area contributed by atoms with E-state index in [2.05, 4.69) is 25.1 Å². The van der Waals surface area contributed by atoms with E-state index in [4.69, 9.17) is 17.3 Å². The van der Waals surface area contributed by atoms with E-state index >= 15 is 0 Å². The number of rotatable bonds is 5. The minimum absolute atomic E-state index is 0.107. The SMILES string of the molecule is NC1=NC(CF)(c2nc(NC(=O)c3nn(C(F)F)cc3Cl)ccc2F)CC(C(F)(F)F)O1. The number of hydrogen-bond acceptors (Lipinski definition) is 6. The third-order valence-electron chi connectivity index (χ3n) is 4.33. The molecule has 0 bridgehead atoms. The lowest BCUT2D eigenvalue weighted by atomic mass is 9.88. The number of halogens is 8. The first kappa shape index (κ1) is 23.6. The first-order valence-corrected chi connectivity index (χ1v) is 8.90. The number of amidine groups is 1. The number of ether oxygens (including phenoxy) is 1. The fraction of sp³-hybridized carbons (Fsp3) is 0.375. The van der Waals surface area contributed by atoms with Crippen molar-refractivity contribution in [2.45, 2.75) is 30.8 Å². The Morgan fingerprint density at radius 2 is 2.09 bits per heavy atom. The van der Waals surface area contributed by atoms with Crippen molar-refractivity contribution < 1.29 is 40.3 Å². The van der Waals surface area contributed by atoms with Crippen molar-refractivity contribution in [3.05, 3.63) is 40.6 Å². The molecule has 0 spiro atoms. The number of pyridine rings is 1. The Hall–Kier alpha value is -3.10. The van der Waals surface area contributed by atoms with Crippen LogP contribution in [-0.2, 0) is 10.3 Å². The molecule has 0 aromatic carbocycles. The Balaban J connectivity index is 1.96. The zero-order valence-corrected chi connectivity index (χ0v) is 16.3. The number of carbonyl (C=O) groups excluding carboxylic acids is 1. The zero-order chi connectivity index (χ0) is 23.8. The largest absolute Gasteiger partial charge is 0.452 e. The van der Waals surface area contributed by atoms with Crippen LogP contribution in [0.15, 0.2) is 23.3 Å². The highest BCUT2D eigenvalue weighted by molar-refractivity contribution is 6.34. The van der Waals surface area contributed by atoms with Crippen LogP contribution in [0.25, 0.3) is 0 Å². The fourth-order valence-electron chi connectivity index (χ4n) is 2.89. The van der Waals surface area contributed by atoms with Crippen molar-refractivity contribution in [2.75, 3.05) is 12.0 Å². The summed E-state index contributed by atoms with van der Waals surface area (Å²) in [6.45, 7) is -4.72. The predicted molar refractivity (Wildman–Crippen MR) is 95.5 cm³/mol. The highest BCUT2D eigenvalue weighted by Gasteiger charge is 2.52. The summed E-state index contributed by atoms with van der Waals surface area (Å²) in [6, 6.07) is 0.559. The number of nitrogens with two attached hydrogens (primary N) is 1. The van der Waals surface area contributed by atoms with E-state index in [1.165, 1.54) is 0 Å². The van der Waals surface area contributed by atoms with Gasteiger partial charge in [0.05, 0.1) is 11.2 Å². The second kappa shape index (κ2) is 8.44. The maximum absolute atomic E-state index is 14.5. The molecule has 0 saturated carbocycles. The average Bonchev–Trinajstić information content (AvgIpc) is 3.10. The molecule has 3 rings (SSSR count). The van der Waals surface area contributed by atoms with Gasteiger partial charge in [0.15, 0.2) is 11.8 Å². The van der Waals surface area contributed by atoms with Gasteiger partial charge in [-0.15, -0.1) is 0 Å². The van der Waals surface area contributed by atoms with E-state index in [1.807, 2.05) is 0 Å². The van der Waals surface area contributed by atoms with Gasteiger partial charge in [-0.25, -0.2) is 23.4 Å². The smallest absolute Gasteiger partial charge is 0.425 e. The van der Waals surface area contributed by atoms with Crippen molar-refractivity contribution in [1.82, 2.24) is 14.8 Å². The van der Waals surface area contributed by atoms with Gasteiger partial charge in [0.2, 0.25) is 0 Å². The Morgan fingerprint density at radius 1 is 1.41 bits per heavy atom. The first-order chi connectivity index (χ1) is 14.9. The molecule has 1 aliphatic heterocycles. The summed E-state index contributed by atoms with van der Waals surface area (Å²) in [6.07, 6.45) is -8.06. The van der Waals surface area contributed by atoms with Crippen molar-refractivity contribution in [3.8, 4) is 0 Å². The number of nitrogens with zero attached hydrogens (tertiary/aromatic N) is 4. The summed E-state index contributed by atoms with van der Waals surface area (Å²) < 4.78 is 97.7. The van der Waals surface area contributed by atoms with Crippen LogP contribution in [0.3, 0.4) is 0 Å². The molecular weight excluding hydrogens is 477 g/mol. The molecule has 174 valence electrons. The third kappa shape index (κ3) is 4.56. The van der Waals surface area contributed by atoms with E-state index in [0.717, 1.165) is 6.07 Å². The average molecular weight is 489 g/mol. The van der Waals surface area contributed by atoms with Crippen molar-refractivity contribution >= 4 is 29.3 Å². The van der Waals surface area contributed by atoms with Gasteiger partial charge in [-0.1, -0.05) is 11.6 Å². The molecule has 1 amide bonds. The summed E-state index contributed by atoms with van der Waals surface area (Å²) in [4.78, 5) is 19.5. The highest BCUT2D eigenvalue weighted by Crippen LogP contribution is 2.41. The summed E-state index contributed by atoms with van der Waals surface area (Å²) >= 11 is 5.69. The molecule has 3 N–H and O–H groups in total. The molecule has 0 radical (unpaired) electrons. The summed E-state index contributed by atoms with van der Waals surface area (Å²) in [5.41, 5.74) is 1.23. The molecule has 32 heavy (non-hydrogen) atoms. The lowest BCUT2D eigenvalue weighted by Gasteiger charge is -2.35. The third-order valence-corrected chi connectivity index (χ3v) is 4.60. The van der Waals surface area contributed by atoms with Gasteiger partial charge in [-0.05, 0) is 12.1 Å². The van der Waals surface area contributed by atoms with E-state index in [9.17, 15) is 35.5 Å². The predicted octanol–water partition coefficient (Wildman–Crippen LogP) is 3.55. The fourth-order valence-corrected chi connectivity index (χ4v) is 3.12. The van der Waals surface area contributed by atoms with Gasteiger partial charge in [-0.3, -0.25) is 4.79 Å². The minimum atomic E-state index is -4.97. The first-order valence-electron chi connectivity index (χ1n) is 8.52. The van der Waals surface area contributed by atoms with E-state index in [1.54, 1.807) is 0 Å². The van der Waals surface area contributed by atoms with E-state index in [-0.39, 0.29) is 4.68 Å². The van der Waals surface area contributed by atoms with Crippen LogP contribution in [0.4, 0.5) is 36.6 Å². The van der Waals surface area contributed by atoms with E-state index in [0.29, 0.717) is 12.3 Å². The van der Waals surface area contributed by atoms with Crippen LogP contribution in [0.5, 0.6) is 0 Å². The number of aliphatic imine (C=N–C) groups is 1. The number of hydrogen-bond donors (Lipinski definition) is 2. The Bertz CT molecular complexity index is 1060. The molecule has 3 heterocycles. The number of carbonyl (C=O) groups is 1. The van der Waals surface area contributed by atoms with Crippen molar-refractivity contribution in [2.24, 2.45) is 10.7 Å². The zero-order valence-electron chi connectivity index (χ0n) is 15.5. The normalized spacial score (nSPS) is 21.3. The number of alkyl halides is 6. The molecule has 2 unspecified atom stereocenters. The summed E-state index contributed by atoms with van der Waals surface area (Å²) in [5, 5.41) is 4.92. The summed E-state index contributed by atoms with van der Waals surface area (Å²) in [7, 11) is 0. The Morgan fingerprint density at radius 3 is 2.66 bits per heavy atom. The van der Waals surface area contributed by atoms with Gasteiger partial charge >= 0.3 is 12.7 Å². The van der Waals surface area contributed by atoms with Crippen LogP contribution < -0.4 is 11.1 Å². The molecule has 0 aliphatic carbocycles. The van der Waals surface area contributed by atoms with Gasteiger partial charge in [0.1, 0.15) is 29.5 Å². The number of aromatic nitrogens is 3. The molecule has 0 saturated heterocycles. The molecule has 1 aliphatic rings. The van der Waals surface area contributed by atoms with Crippen LogP contribution in [0.1, 0.15) is 29.2 Å². The van der Waals surface area contributed by atoms with Crippen LogP contribution in [-0.4, -0.2) is 45.6 Å². The molecule has 2 atom stereocenters. The number of amides is 1. The van der Waals surface area contributed by atoms with Crippen molar-refractivity contribution in [3.63, 3.8) is 0 Å². The number of nitrogens with one attached hydrogen (secondary N) is 1. The van der Waals surface area contributed by atoms with Crippen LogP contribution in [0.2, 0.25) is 5.02 Å². The van der Waals surface area contributed by atoms with Crippen LogP contribution >= 0.6 is 11.6 Å². The van der Waals surface area contributed by atoms with Gasteiger partial charge in [-0.2, -0.15) is 27.1 Å². The molecule has 8 nitrogen and oxygen atoms in total. The molecule has 16 heteroatoms. The van der Waals surface area contributed by atoms with E-state index < -0.39 is 77.4 Å².